The smallest absolute Gasteiger partial charge is 0.350 e. The highest BCUT2D eigenvalue weighted by Gasteiger charge is 2.30. The van der Waals surface area contributed by atoms with Gasteiger partial charge >= 0.3 is 6.18 Å². The van der Waals surface area contributed by atoms with E-state index < -0.39 is 11.7 Å². The Morgan fingerprint density at radius 3 is 2.44 bits per heavy atom. The van der Waals surface area contributed by atoms with Gasteiger partial charge in [-0.3, -0.25) is 9.69 Å². The minimum atomic E-state index is -4.41. The highest BCUT2D eigenvalue weighted by Crippen LogP contribution is 2.29. The Morgan fingerprint density at radius 2 is 1.81 bits per heavy atom. The molecule has 1 aliphatic heterocycles. The molecule has 2 aromatic rings. The molecule has 0 saturated heterocycles. The number of rotatable bonds is 5. The van der Waals surface area contributed by atoms with E-state index in [-0.39, 0.29) is 17.5 Å². The summed E-state index contributed by atoms with van der Waals surface area (Å²) in [5.41, 5.74) is 1.98. The van der Waals surface area contributed by atoms with E-state index in [1.807, 2.05) is 18.2 Å². The zero-order valence-corrected chi connectivity index (χ0v) is 14.8. The maximum absolute atomic E-state index is 12.6. The lowest BCUT2D eigenvalue weighted by Gasteiger charge is -2.36. The van der Waals surface area contributed by atoms with Gasteiger partial charge in [-0.1, -0.05) is 30.3 Å². The molecular formula is C21H21F3N2O. The molecule has 1 atom stereocenters. The van der Waals surface area contributed by atoms with Gasteiger partial charge in [0.25, 0.3) is 5.91 Å². The zero-order valence-electron chi connectivity index (χ0n) is 14.8. The van der Waals surface area contributed by atoms with E-state index in [0.29, 0.717) is 13.1 Å². The average Bonchev–Trinajstić information content (AvgIpc) is 2.65. The van der Waals surface area contributed by atoms with Crippen LogP contribution in [0.3, 0.4) is 0 Å². The fourth-order valence-electron chi connectivity index (χ4n) is 3.35. The molecule has 1 N–H and O–H groups in total. The lowest BCUT2D eigenvalue weighted by atomic mass is 9.94. The number of nitrogens with zero attached hydrogens (tertiary/aromatic N) is 1. The number of amides is 1. The first-order valence-corrected chi connectivity index (χ1v) is 8.75. The Hall–Kier alpha value is -2.60. The molecule has 1 aliphatic rings. The third-order valence-electron chi connectivity index (χ3n) is 4.80. The Kier molecular flexibility index (Phi) is 5.65. The number of halogens is 3. The van der Waals surface area contributed by atoms with Crippen molar-refractivity contribution in [2.24, 2.45) is 0 Å². The molecule has 1 heterocycles. The first-order chi connectivity index (χ1) is 12.9. The molecule has 0 aliphatic carbocycles. The van der Waals surface area contributed by atoms with Crippen LogP contribution in [0.15, 0.2) is 61.2 Å². The van der Waals surface area contributed by atoms with E-state index in [4.69, 9.17) is 0 Å². The van der Waals surface area contributed by atoms with Crippen molar-refractivity contribution in [3.05, 3.63) is 83.4 Å². The molecule has 3 nitrogen and oxygen atoms in total. The summed E-state index contributed by atoms with van der Waals surface area (Å²) < 4.78 is 37.9. The topological polar surface area (TPSA) is 32.3 Å². The van der Waals surface area contributed by atoms with Crippen LogP contribution < -0.4 is 5.32 Å². The molecule has 0 radical (unpaired) electrons. The Balaban J connectivity index is 1.65. The van der Waals surface area contributed by atoms with Crippen molar-refractivity contribution in [2.45, 2.75) is 25.2 Å². The van der Waals surface area contributed by atoms with Crippen molar-refractivity contribution in [2.75, 3.05) is 13.1 Å². The fraction of sp³-hybridized carbons (Fsp3) is 0.286. The van der Waals surface area contributed by atoms with E-state index in [9.17, 15) is 18.0 Å². The van der Waals surface area contributed by atoms with Gasteiger partial charge in [0.05, 0.1) is 5.56 Å². The number of alkyl halides is 3. The lowest BCUT2D eigenvalue weighted by molar-refractivity contribution is -0.137. The number of hydrogen-bond acceptors (Lipinski definition) is 2. The zero-order chi connectivity index (χ0) is 19.4. The van der Waals surface area contributed by atoms with E-state index in [1.54, 1.807) is 0 Å². The van der Waals surface area contributed by atoms with Gasteiger partial charge in [-0.15, -0.1) is 6.58 Å². The second-order valence-electron chi connectivity index (χ2n) is 6.63. The number of nitrogens with one attached hydrogen (secondary N) is 1. The van der Waals surface area contributed by atoms with Gasteiger partial charge < -0.3 is 5.32 Å². The van der Waals surface area contributed by atoms with Crippen LogP contribution >= 0.6 is 0 Å². The Morgan fingerprint density at radius 1 is 1.15 bits per heavy atom. The van der Waals surface area contributed by atoms with Crippen LogP contribution in [0.25, 0.3) is 0 Å². The summed E-state index contributed by atoms with van der Waals surface area (Å²) in [6.07, 6.45) is -1.77. The summed E-state index contributed by atoms with van der Waals surface area (Å²) in [6.45, 7) is 5.70. The molecule has 0 fully saturated rings. The van der Waals surface area contributed by atoms with Gasteiger partial charge in [0.2, 0.25) is 0 Å². The largest absolute Gasteiger partial charge is 0.416 e. The molecule has 6 heteroatoms. The van der Waals surface area contributed by atoms with Crippen LogP contribution in [-0.4, -0.2) is 29.9 Å². The predicted octanol–water partition coefficient (Wildman–Crippen LogP) is 4.05. The number of hydrogen-bond donors (Lipinski definition) is 1. The van der Waals surface area contributed by atoms with Crippen LogP contribution in [0.1, 0.15) is 27.0 Å². The fourth-order valence-corrected chi connectivity index (χ4v) is 3.35. The number of carbonyl (C=O) groups excluding carboxylic acids is 1. The molecule has 1 unspecified atom stereocenters. The monoisotopic (exact) mass is 374 g/mol. The third-order valence-corrected chi connectivity index (χ3v) is 4.80. The highest BCUT2D eigenvalue weighted by molar-refractivity contribution is 5.94. The van der Waals surface area contributed by atoms with Crippen molar-refractivity contribution < 1.29 is 18.0 Å². The summed E-state index contributed by atoms with van der Waals surface area (Å²) in [5, 5.41) is 2.85. The van der Waals surface area contributed by atoms with E-state index >= 15 is 0 Å². The molecule has 0 saturated carbocycles. The highest BCUT2D eigenvalue weighted by atomic mass is 19.4. The van der Waals surface area contributed by atoms with Gasteiger partial charge in [-0.2, -0.15) is 13.2 Å². The maximum Gasteiger partial charge on any atom is 0.416 e. The Labute approximate surface area is 156 Å². The molecule has 142 valence electrons. The molecule has 2 aromatic carbocycles. The Bertz CT molecular complexity index is 815. The first kappa shape index (κ1) is 19.2. The van der Waals surface area contributed by atoms with Crippen molar-refractivity contribution >= 4 is 5.91 Å². The summed E-state index contributed by atoms with van der Waals surface area (Å²) in [4.78, 5) is 14.6. The quantitative estimate of drug-likeness (QED) is 0.801. The van der Waals surface area contributed by atoms with Gasteiger partial charge in [-0.05, 0) is 41.8 Å². The van der Waals surface area contributed by atoms with Crippen molar-refractivity contribution in [3.8, 4) is 0 Å². The SMILES string of the molecule is C=CCN1Cc2ccccc2CC1CNC(=O)c1ccc(C(F)(F)F)cc1. The third kappa shape index (κ3) is 4.57. The van der Waals surface area contributed by atoms with E-state index in [2.05, 4.69) is 28.9 Å². The van der Waals surface area contributed by atoms with Gasteiger partial charge in [0, 0.05) is 31.2 Å². The predicted molar refractivity (Wildman–Crippen MR) is 98.3 cm³/mol. The minimum absolute atomic E-state index is 0.108. The molecular weight excluding hydrogens is 353 g/mol. The summed E-state index contributed by atoms with van der Waals surface area (Å²) in [5.74, 6) is -0.374. The van der Waals surface area contributed by atoms with Crippen LogP contribution in [0.2, 0.25) is 0 Å². The second kappa shape index (κ2) is 7.96. The number of benzene rings is 2. The van der Waals surface area contributed by atoms with Gasteiger partial charge in [0.15, 0.2) is 0 Å². The summed E-state index contributed by atoms with van der Waals surface area (Å²) in [6, 6.07) is 12.6. The normalized spacial score (nSPS) is 17.2. The van der Waals surface area contributed by atoms with E-state index in [1.165, 1.54) is 23.3 Å². The van der Waals surface area contributed by atoms with Crippen molar-refractivity contribution in [1.82, 2.24) is 10.2 Å². The minimum Gasteiger partial charge on any atom is -0.350 e. The number of fused-ring (bicyclic) bond motifs is 1. The molecule has 0 bridgehead atoms. The average molecular weight is 374 g/mol. The van der Waals surface area contributed by atoms with Crippen LogP contribution in [0, 0.1) is 0 Å². The second-order valence-corrected chi connectivity index (χ2v) is 6.63. The first-order valence-electron chi connectivity index (χ1n) is 8.75. The molecule has 1 amide bonds. The molecule has 0 spiro atoms. The summed E-state index contributed by atoms with van der Waals surface area (Å²) >= 11 is 0. The number of carbonyl (C=O) groups is 1. The van der Waals surface area contributed by atoms with E-state index in [0.717, 1.165) is 25.1 Å². The lowest BCUT2D eigenvalue weighted by Crippen LogP contribution is -2.47. The van der Waals surface area contributed by atoms with Gasteiger partial charge in [0.1, 0.15) is 0 Å². The standard InChI is InChI=1S/C21H21F3N2O/c1-2-11-26-14-17-6-4-3-5-16(17)12-19(26)13-25-20(27)15-7-9-18(10-8-15)21(22,23)24/h2-10,19H,1,11-14H2,(H,25,27). The maximum atomic E-state index is 12.6. The van der Waals surface area contributed by atoms with Crippen LogP contribution in [-0.2, 0) is 19.1 Å². The van der Waals surface area contributed by atoms with Crippen LogP contribution in [0.5, 0.6) is 0 Å². The van der Waals surface area contributed by atoms with Gasteiger partial charge in [-0.25, -0.2) is 0 Å². The molecule has 0 aromatic heterocycles. The van der Waals surface area contributed by atoms with Crippen molar-refractivity contribution in [1.29, 1.82) is 0 Å². The molecule has 27 heavy (non-hydrogen) atoms. The molecule has 3 rings (SSSR count). The summed E-state index contributed by atoms with van der Waals surface area (Å²) in [7, 11) is 0. The van der Waals surface area contributed by atoms with Crippen LogP contribution in [0.4, 0.5) is 13.2 Å². The van der Waals surface area contributed by atoms with Crippen molar-refractivity contribution in [3.63, 3.8) is 0 Å².